The van der Waals surface area contributed by atoms with Crippen molar-refractivity contribution in [1.29, 1.82) is 0 Å². The Morgan fingerprint density at radius 2 is 0.919 bits per heavy atom. The molecular weight excluding hydrogens is 492 g/mol. The summed E-state index contributed by atoms with van der Waals surface area (Å²) in [7, 11) is 0. The molecule has 0 aliphatic heterocycles. The number of thiophene rings is 2. The van der Waals surface area contributed by atoms with Crippen LogP contribution in [0.15, 0.2) is 72.8 Å². The molecule has 0 aliphatic rings. The van der Waals surface area contributed by atoms with E-state index in [1.165, 1.54) is 62.7 Å². The minimum absolute atomic E-state index is 0.259. The van der Waals surface area contributed by atoms with Gasteiger partial charge >= 0.3 is 0 Å². The van der Waals surface area contributed by atoms with Crippen LogP contribution in [0.4, 0.5) is 0 Å². The first-order chi connectivity index (χ1) is 18.1. The van der Waals surface area contributed by atoms with Crippen LogP contribution in [0, 0.1) is 0 Å². The van der Waals surface area contributed by atoms with Crippen molar-refractivity contribution >= 4 is 22.7 Å². The molecule has 0 spiro atoms. The maximum atomic E-state index is 6.11. The van der Waals surface area contributed by atoms with Gasteiger partial charge in [0.05, 0.1) is 12.2 Å². The fraction of sp³-hybridized carbons (Fsp3) is 0.394. The van der Waals surface area contributed by atoms with Gasteiger partial charge in [0.2, 0.25) is 0 Å². The summed E-state index contributed by atoms with van der Waals surface area (Å²) in [5.74, 6) is 1.91. The maximum absolute atomic E-state index is 6.11. The lowest BCUT2D eigenvalue weighted by atomic mass is 10.1. The summed E-state index contributed by atoms with van der Waals surface area (Å²) >= 11 is 3.69. The normalized spacial score (nSPS) is 12.9. The van der Waals surface area contributed by atoms with E-state index in [1.54, 1.807) is 0 Å². The van der Waals surface area contributed by atoms with Crippen molar-refractivity contribution in [1.82, 2.24) is 0 Å². The third-order valence-electron chi connectivity index (χ3n) is 6.59. The van der Waals surface area contributed by atoms with E-state index < -0.39 is 0 Å². The van der Waals surface area contributed by atoms with Crippen molar-refractivity contribution in [2.24, 2.45) is 0 Å². The summed E-state index contributed by atoms with van der Waals surface area (Å²) in [5, 5.41) is 0. The summed E-state index contributed by atoms with van der Waals surface area (Å²) in [6, 6.07) is 26.0. The first-order valence-electron chi connectivity index (χ1n) is 13.8. The molecule has 0 radical (unpaired) electrons. The second kappa shape index (κ2) is 13.8. The molecule has 2 heterocycles. The van der Waals surface area contributed by atoms with Crippen molar-refractivity contribution in [2.45, 2.75) is 84.8 Å². The second-order valence-electron chi connectivity index (χ2n) is 9.87. The number of rotatable bonds is 14. The molecule has 0 bridgehead atoms. The van der Waals surface area contributed by atoms with Gasteiger partial charge in [0.1, 0.15) is 11.5 Å². The molecule has 37 heavy (non-hydrogen) atoms. The van der Waals surface area contributed by atoms with E-state index in [0.29, 0.717) is 0 Å². The van der Waals surface area contributed by atoms with Gasteiger partial charge in [-0.1, -0.05) is 39.5 Å². The largest absolute Gasteiger partial charge is 0.491 e. The Kier molecular flexibility index (Phi) is 10.3. The minimum Gasteiger partial charge on any atom is -0.491 e. The topological polar surface area (TPSA) is 18.5 Å². The standard InChI is InChI=1S/C33H40O2S2/c1-5-7-9-11-25(4)35-29-18-14-27(15-19-29)31-21-23-33(37-31)32-22-20-30(36-32)26-12-16-28(17-13-26)34-24(3)10-8-6-2/h12-25H,5-11H2,1-4H3. The molecular formula is C33H40O2S2. The van der Waals surface area contributed by atoms with E-state index in [-0.39, 0.29) is 12.2 Å². The van der Waals surface area contributed by atoms with Crippen molar-refractivity contribution in [3.63, 3.8) is 0 Å². The second-order valence-corrected chi connectivity index (χ2v) is 12.0. The van der Waals surface area contributed by atoms with Crippen LogP contribution in [0.25, 0.3) is 30.6 Å². The van der Waals surface area contributed by atoms with Gasteiger partial charge in [-0.3, -0.25) is 0 Å². The Morgan fingerprint density at radius 3 is 1.35 bits per heavy atom. The average Bonchev–Trinajstić information content (AvgIpc) is 3.59. The third kappa shape index (κ3) is 7.96. The molecule has 2 aromatic carbocycles. The Bertz CT molecular complexity index is 1200. The van der Waals surface area contributed by atoms with Gasteiger partial charge in [-0.25, -0.2) is 0 Å². The smallest absolute Gasteiger partial charge is 0.119 e. The van der Waals surface area contributed by atoms with Crippen LogP contribution in [-0.2, 0) is 0 Å². The van der Waals surface area contributed by atoms with Gasteiger partial charge in [0.25, 0.3) is 0 Å². The van der Waals surface area contributed by atoms with Crippen LogP contribution in [0.3, 0.4) is 0 Å². The van der Waals surface area contributed by atoms with Crippen LogP contribution >= 0.6 is 22.7 Å². The lowest BCUT2D eigenvalue weighted by Crippen LogP contribution is -2.11. The summed E-state index contributed by atoms with van der Waals surface area (Å²) in [6.07, 6.45) is 8.91. The van der Waals surface area contributed by atoms with E-state index in [2.05, 4.69) is 100 Å². The number of hydrogen-bond acceptors (Lipinski definition) is 4. The molecule has 0 aliphatic carbocycles. The highest BCUT2D eigenvalue weighted by Gasteiger charge is 2.11. The van der Waals surface area contributed by atoms with Crippen LogP contribution in [0.5, 0.6) is 11.5 Å². The minimum atomic E-state index is 0.259. The van der Waals surface area contributed by atoms with Crippen molar-refractivity contribution in [3.05, 3.63) is 72.8 Å². The molecule has 4 heteroatoms. The monoisotopic (exact) mass is 532 g/mol. The zero-order chi connectivity index (χ0) is 26.0. The Labute approximate surface area is 231 Å². The molecule has 2 nitrogen and oxygen atoms in total. The average molecular weight is 533 g/mol. The zero-order valence-electron chi connectivity index (χ0n) is 22.7. The van der Waals surface area contributed by atoms with E-state index >= 15 is 0 Å². The quantitative estimate of drug-likeness (QED) is 0.150. The van der Waals surface area contributed by atoms with Gasteiger partial charge in [-0.2, -0.15) is 0 Å². The molecule has 0 saturated carbocycles. The van der Waals surface area contributed by atoms with Crippen molar-refractivity contribution < 1.29 is 9.47 Å². The molecule has 196 valence electrons. The third-order valence-corrected chi connectivity index (χ3v) is 9.05. The van der Waals surface area contributed by atoms with E-state index in [4.69, 9.17) is 9.47 Å². The number of benzene rings is 2. The van der Waals surface area contributed by atoms with Crippen molar-refractivity contribution in [2.75, 3.05) is 0 Å². The lowest BCUT2D eigenvalue weighted by molar-refractivity contribution is 0.206. The van der Waals surface area contributed by atoms with Crippen molar-refractivity contribution in [3.8, 4) is 42.1 Å². The zero-order valence-corrected chi connectivity index (χ0v) is 24.3. The fourth-order valence-electron chi connectivity index (χ4n) is 4.40. The Balaban J connectivity index is 1.36. The highest BCUT2D eigenvalue weighted by Crippen LogP contribution is 2.40. The molecule has 0 saturated heterocycles. The molecule has 2 aromatic heterocycles. The first kappa shape index (κ1) is 27.5. The molecule has 2 atom stereocenters. The predicted octanol–water partition coefficient (Wildman–Crippen LogP) is 11.1. The number of hydrogen-bond donors (Lipinski definition) is 0. The molecule has 0 amide bonds. The van der Waals surface area contributed by atoms with Crippen LogP contribution in [0.2, 0.25) is 0 Å². The van der Waals surface area contributed by atoms with Crippen LogP contribution in [-0.4, -0.2) is 12.2 Å². The van der Waals surface area contributed by atoms with E-state index in [0.717, 1.165) is 24.3 Å². The Morgan fingerprint density at radius 1 is 0.514 bits per heavy atom. The van der Waals surface area contributed by atoms with Gasteiger partial charge in [0, 0.05) is 19.5 Å². The predicted molar refractivity (Wildman–Crippen MR) is 162 cm³/mol. The summed E-state index contributed by atoms with van der Waals surface area (Å²) in [6.45, 7) is 8.78. The summed E-state index contributed by atoms with van der Waals surface area (Å²) < 4.78 is 12.2. The number of ether oxygens (including phenoxy) is 2. The lowest BCUT2D eigenvalue weighted by Gasteiger charge is -2.14. The molecule has 2 unspecified atom stereocenters. The molecule has 0 N–H and O–H groups in total. The van der Waals surface area contributed by atoms with Gasteiger partial charge in [-0.15, -0.1) is 22.7 Å². The van der Waals surface area contributed by atoms with E-state index in [1.807, 2.05) is 22.7 Å². The molecule has 0 fully saturated rings. The van der Waals surface area contributed by atoms with Crippen LogP contribution in [0.1, 0.15) is 72.6 Å². The fourth-order valence-corrected chi connectivity index (χ4v) is 6.52. The summed E-state index contributed by atoms with van der Waals surface area (Å²) in [4.78, 5) is 5.18. The SMILES string of the molecule is CCCCCC(C)Oc1ccc(-c2ccc(-c3ccc(-c4ccc(OC(C)CCCC)cc4)s3)s2)cc1. The van der Waals surface area contributed by atoms with Gasteiger partial charge < -0.3 is 9.47 Å². The maximum Gasteiger partial charge on any atom is 0.119 e. The van der Waals surface area contributed by atoms with Gasteiger partial charge in [-0.05, 0) is 117 Å². The highest BCUT2D eigenvalue weighted by molar-refractivity contribution is 7.25. The highest BCUT2D eigenvalue weighted by atomic mass is 32.1. The molecule has 4 aromatic rings. The Hall–Kier alpha value is -2.56. The molecule has 4 rings (SSSR count). The number of unbranched alkanes of at least 4 members (excludes halogenated alkanes) is 3. The van der Waals surface area contributed by atoms with E-state index in [9.17, 15) is 0 Å². The van der Waals surface area contributed by atoms with Crippen LogP contribution < -0.4 is 9.47 Å². The van der Waals surface area contributed by atoms with Gasteiger partial charge in [0.15, 0.2) is 0 Å². The summed E-state index contributed by atoms with van der Waals surface area (Å²) in [5.41, 5.74) is 2.48. The first-order valence-corrected chi connectivity index (χ1v) is 15.4.